The van der Waals surface area contributed by atoms with Gasteiger partial charge in [-0.3, -0.25) is 0 Å². The highest BCUT2D eigenvalue weighted by molar-refractivity contribution is 6.31. The number of hydrogen-bond acceptors (Lipinski definition) is 5. The van der Waals surface area contributed by atoms with Crippen molar-refractivity contribution in [3.8, 4) is 0 Å². The first-order valence-corrected chi connectivity index (χ1v) is 9.39. The Morgan fingerprint density at radius 3 is 2.46 bits per heavy atom. The van der Waals surface area contributed by atoms with E-state index in [0.29, 0.717) is 11.6 Å². The van der Waals surface area contributed by atoms with Gasteiger partial charge in [0.2, 0.25) is 16.5 Å². The molecule has 1 aromatic heterocycles. The number of nitrogens with zero attached hydrogens (tertiary/aromatic N) is 3. The molecular formula is C18H22Cl2N4O2. The second-order valence-corrected chi connectivity index (χ2v) is 6.76. The number of aromatic carboxylic acids is 1. The molecule has 1 aromatic carbocycles. The van der Waals surface area contributed by atoms with E-state index in [2.05, 4.69) is 34.1 Å². The van der Waals surface area contributed by atoms with E-state index >= 15 is 0 Å². The van der Waals surface area contributed by atoms with Gasteiger partial charge in [0.25, 0.3) is 0 Å². The predicted molar refractivity (Wildman–Crippen MR) is 104 cm³/mol. The van der Waals surface area contributed by atoms with Gasteiger partial charge in [-0.2, -0.15) is 15.0 Å². The van der Waals surface area contributed by atoms with Crippen LogP contribution in [0.3, 0.4) is 0 Å². The molecule has 1 unspecified atom stereocenters. The summed E-state index contributed by atoms with van der Waals surface area (Å²) in [6, 6.07) is 5.23. The maximum atomic E-state index is 11.7. The third-order valence-corrected chi connectivity index (χ3v) is 4.59. The van der Waals surface area contributed by atoms with Gasteiger partial charge >= 0.3 is 5.97 Å². The highest BCUT2D eigenvalue weighted by atomic mass is 35.5. The molecule has 1 heterocycles. The molecule has 140 valence electrons. The normalized spacial score (nSPS) is 12.0. The van der Waals surface area contributed by atoms with Crippen LogP contribution < -0.4 is 5.32 Å². The van der Waals surface area contributed by atoms with Crippen molar-refractivity contribution in [2.75, 3.05) is 5.32 Å². The summed E-state index contributed by atoms with van der Waals surface area (Å²) in [5.74, 6) is -0.432. The Balaban J connectivity index is 2.39. The van der Waals surface area contributed by atoms with Crippen LogP contribution in [-0.4, -0.2) is 26.0 Å². The van der Waals surface area contributed by atoms with Gasteiger partial charge in [-0.05, 0) is 47.2 Å². The number of hydrogen-bond donors (Lipinski definition) is 2. The van der Waals surface area contributed by atoms with Crippen LogP contribution in [0.4, 0.5) is 11.6 Å². The Hall–Kier alpha value is -1.92. The fourth-order valence-corrected chi connectivity index (χ4v) is 3.21. The molecule has 0 aliphatic heterocycles. The molecule has 26 heavy (non-hydrogen) atoms. The van der Waals surface area contributed by atoms with Gasteiger partial charge in [0.1, 0.15) is 0 Å². The van der Waals surface area contributed by atoms with E-state index in [1.165, 1.54) is 0 Å². The SMILES string of the molecule is CCCCC(CC)Cc1cccc(C(=O)O)c1Nc1nc(Cl)nc(Cl)n1. The number of carboxylic acids is 1. The second-order valence-electron chi connectivity index (χ2n) is 6.09. The molecule has 0 bridgehead atoms. The summed E-state index contributed by atoms with van der Waals surface area (Å²) in [6.45, 7) is 4.32. The van der Waals surface area contributed by atoms with Crippen molar-refractivity contribution in [3.05, 3.63) is 39.9 Å². The van der Waals surface area contributed by atoms with Crippen LogP contribution in [0.1, 0.15) is 55.5 Å². The lowest BCUT2D eigenvalue weighted by Gasteiger charge is -2.19. The van der Waals surface area contributed by atoms with Gasteiger partial charge in [-0.25, -0.2) is 4.79 Å². The number of anilines is 2. The zero-order chi connectivity index (χ0) is 19.1. The first-order chi connectivity index (χ1) is 12.4. The smallest absolute Gasteiger partial charge is 0.337 e. The number of para-hydroxylation sites is 1. The van der Waals surface area contributed by atoms with E-state index in [1.54, 1.807) is 12.1 Å². The third-order valence-electron chi connectivity index (χ3n) is 4.25. The van der Waals surface area contributed by atoms with Crippen molar-refractivity contribution in [2.45, 2.75) is 46.0 Å². The summed E-state index contributed by atoms with van der Waals surface area (Å²) in [5, 5.41) is 12.4. The largest absolute Gasteiger partial charge is 0.478 e. The lowest BCUT2D eigenvalue weighted by atomic mass is 9.90. The van der Waals surface area contributed by atoms with Crippen LogP contribution in [0.5, 0.6) is 0 Å². The Kier molecular flexibility index (Phi) is 7.60. The molecule has 2 rings (SSSR count). The molecule has 0 saturated carbocycles. The highest BCUT2D eigenvalue weighted by Gasteiger charge is 2.18. The van der Waals surface area contributed by atoms with Crippen LogP contribution in [0.15, 0.2) is 18.2 Å². The molecule has 0 spiro atoms. The summed E-state index contributed by atoms with van der Waals surface area (Å²) in [6.07, 6.45) is 5.19. The minimum absolute atomic E-state index is 0.0590. The van der Waals surface area contributed by atoms with Gasteiger partial charge in [0.05, 0.1) is 11.3 Å². The van der Waals surface area contributed by atoms with Crippen molar-refractivity contribution in [1.29, 1.82) is 0 Å². The molecular weight excluding hydrogens is 375 g/mol. The Morgan fingerprint density at radius 2 is 1.88 bits per heavy atom. The quantitative estimate of drug-likeness (QED) is 0.591. The molecule has 6 nitrogen and oxygen atoms in total. The average Bonchev–Trinajstić information content (AvgIpc) is 2.58. The van der Waals surface area contributed by atoms with E-state index in [9.17, 15) is 9.90 Å². The van der Waals surface area contributed by atoms with E-state index < -0.39 is 5.97 Å². The summed E-state index contributed by atoms with van der Waals surface area (Å²) in [4.78, 5) is 23.3. The number of nitrogens with one attached hydrogen (secondary N) is 1. The molecule has 1 atom stereocenters. The molecule has 0 fully saturated rings. The van der Waals surface area contributed by atoms with Gasteiger partial charge < -0.3 is 10.4 Å². The van der Waals surface area contributed by atoms with Crippen molar-refractivity contribution < 1.29 is 9.90 Å². The minimum atomic E-state index is -1.03. The monoisotopic (exact) mass is 396 g/mol. The predicted octanol–water partition coefficient (Wildman–Crippen LogP) is 5.38. The number of carbonyl (C=O) groups is 1. The molecule has 2 aromatic rings. The molecule has 2 N–H and O–H groups in total. The van der Waals surface area contributed by atoms with Gasteiger partial charge in [0.15, 0.2) is 0 Å². The van der Waals surface area contributed by atoms with Crippen molar-refractivity contribution in [2.24, 2.45) is 5.92 Å². The number of aromatic nitrogens is 3. The number of rotatable bonds is 9. The van der Waals surface area contributed by atoms with E-state index in [1.807, 2.05) is 6.07 Å². The maximum absolute atomic E-state index is 11.7. The minimum Gasteiger partial charge on any atom is -0.478 e. The lowest BCUT2D eigenvalue weighted by Crippen LogP contribution is -2.11. The van der Waals surface area contributed by atoms with Crippen LogP contribution in [0, 0.1) is 5.92 Å². The standard InChI is InChI=1S/C18H22Cl2N4O2/c1-3-5-7-11(4-2)10-12-8-6-9-13(15(25)26)14(12)21-18-23-16(19)22-17(20)24-18/h6,8-9,11H,3-5,7,10H2,1-2H3,(H,25,26)(H,21,22,23,24). The van der Waals surface area contributed by atoms with Gasteiger partial charge in [-0.15, -0.1) is 0 Å². The van der Waals surface area contributed by atoms with Gasteiger partial charge in [-0.1, -0.05) is 51.7 Å². The lowest BCUT2D eigenvalue weighted by molar-refractivity contribution is 0.0698. The van der Waals surface area contributed by atoms with Crippen LogP contribution >= 0.6 is 23.2 Å². The third kappa shape index (κ3) is 5.54. The average molecular weight is 397 g/mol. The fourth-order valence-electron chi connectivity index (χ4n) is 2.84. The zero-order valence-electron chi connectivity index (χ0n) is 14.8. The summed E-state index contributed by atoms with van der Waals surface area (Å²) in [7, 11) is 0. The Labute approximate surface area is 163 Å². The number of benzene rings is 1. The Morgan fingerprint density at radius 1 is 1.19 bits per heavy atom. The van der Waals surface area contributed by atoms with Crippen LogP contribution in [-0.2, 0) is 6.42 Å². The zero-order valence-corrected chi connectivity index (χ0v) is 16.3. The summed E-state index contributed by atoms with van der Waals surface area (Å²) >= 11 is 11.6. The van der Waals surface area contributed by atoms with Crippen molar-refractivity contribution >= 4 is 40.8 Å². The Bertz CT molecular complexity index is 751. The summed E-state index contributed by atoms with van der Waals surface area (Å²) in [5.41, 5.74) is 1.52. The topological polar surface area (TPSA) is 88.0 Å². The fraction of sp³-hybridized carbons (Fsp3) is 0.444. The maximum Gasteiger partial charge on any atom is 0.337 e. The number of carboxylic acid groups (broad SMARTS) is 1. The van der Waals surface area contributed by atoms with Crippen LogP contribution in [0.2, 0.25) is 10.6 Å². The molecule has 0 saturated heterocycles. The van der Waals surface area contributed by atoms with Gasteiger partial charge in [0, 0.05) is 0 Å². The summed E-state index contributed by atoms with van der Waals surface area (Å²) < 4.78 is 0. The van der Waals surface area contributed by atoms with E-state index in [0.717, 1.165) is 37.7 Å². The molecule has 0 radical (unpaired) electrons. The number of halogens is 2. The first kappa shape index (κ1) is 20.4. The number of unbranched alkanes of at least 4 members (excludes halogenated alkanes) is 1. The van der Waals surface area contributed by atoms with E-state index in [4.69, 9.17) is 23.2 Å². The molecule has 0 amide bonds. The molecule has 8 heteroatoms. The van der Waals surface area contributed by atoms with Crippen LogP contribution in [0.25, 0.3) is 0 Å². The molecule has 0 aliphatic rings. The van der Waals surface area contributed by atoms with Crippen molar-refractivity contribution in [3.63, 3.8) is 0 Å². The second kappa shape index (κ2) is 9.69. The first-order valence-electron chi connectivity index (χ1n) is 8.63. The highest BCUT2D eigenvalue weighted by Crippen LogP contribution is 2.29. The van der Waals surface area contributed by atoms with Crippen molar-refractivity contribution in [1.82, 2.24) is 15.0 Å². The van der Waals surface area contributed by atoms with E-state index in [-0.39, 0.29) is 22.1 Å². The molecule has 0 aliphatic carbocycles.